The summed E-state index contributed by atoms with van der Waals surface area (Å²) in [5.41, 5.74) is 3.78. The van der Waals surface area contributed by atoms with Crippen LogP contribution in [0.4, 0.5) is 4.79 Å². The SMILES string of the molecule is COC(=O)[C@H](Cc1cc(I)c(O)c(Cc2cc(C(C)(C)C)ccc2O)c1)NC(=O)OCc1ccccc1. The van der Waals surface area contributed by atoms with E-state index >= 15 is 0 Å². The molecule has 37 heavy (non-hydrogen) atoms. The first-order valence-electron chi connectivity index (χ1n) is 11.9. The van der Waals surface area contributed by atoms with Crippen LogP contribution in [0, 0.1) is 3.57 Å². The monoisotopic (exact) mass is 617 g/mol. The largest absolute Gasteiger partial charge is 0.508 e. The maximum Gasteiger partial charge on any atom is 0.408 e. The second-order valence-corrected chi connectivity index (χ2v) is 11.0. The Morgan fingerprint density at radius 3 is 2.32 bits per heavy atom. The van der Waals surface area contributed by atoms with Crippen LogP contribution in [0.25, 0.3) is 0 Å². The van der Waals surface area contributed by atoms with Crippen molar-refractivity contribution in [2.75, 3.05) is 7.11 Å². The van der Waals surface area contributed by atoms with Gasteiger partial charge in [-0.05, 0) is 68.0 Å². The van der Waals surface area contributed by atoms with E-state index in [1.165, 1.54) is 7.11 Å². The minimum atomic E-state index is -0.987. The lowest BCUT2D eigenvalue weighted by molar-refractivity contribution is -0.143. The van der Waals surface area contributed by atoms with Crippen molar-refractivity contribution in [3.8, 4) is 11.5 Å². The van der Waals surface area contributed by atoms with Crippen LogP contribution in [0.5, 0.6) is 11.5 Å². The molecule has 1 amide bonds. The Kier molecular flexibility index (Phi) is 9.42. The first-order chi connectivity index (χ1) is 17.5. The summed E-state index contributed by atoms with van der Waals surface area (Å²) < 4.78 is 10.7. The van der Waals surface area contributed by atoms with Gasteiger partial charge in [0.05, 0.1) is 10.7 Å². The lowest BCUT2D eigenvalue weighted by Crippen LogP contribution is -2.43. The number of alkyl carbamates (subject to hydrolysis) is 1. The Morgan fingerprint density at radius 2 is 1.68 bits per heavy atom. The lowest BCUT2D eigenvalue weighted by atomic mass is 9.85. The van der Waals surface area contributed by atoms with Crippen LogP contribution in [-0.4, -0.2) is 35.4 Å². The topological polar surface area (TPSA) is 105 Å². The third-order valence-electron chi connectivity index (χ3n) is 5.96. The van der Waals surface area contributed by atoms with E-state index in [9.17, 15) is 19.8 Å². The van der Waals surface area contributed by atoms with Gasteiger partial charge in [0.2, 0.25) is 0 Å². The standard InChI is InChI=1S/C29H32INO6/c1-29(2,3)22-10-11-25(32)20(16-22)15-21-12-19(13-23(30)26(21)33)14-24(27(34)36-4)31-28(35)37-17-18-8-6-5-7-9-18/h5-13,16,24,32-33H,14-15,17H2,1-4H3,(H,31,35)/t24-/m0/s1. The molecule has 7 nitrogen and oxygen atoms in total. The fourth-order valence-corrected chi connectivity index (χ4v) is 4.59. The number of hydrogen-bond donors (Lipinski definition) is 3. The Morgan fingerprint density at radius 1 is 0.973 bits per heavy atom. The first-order valence-corrected chi connectivity index (χ1v) is 12.9. The Balaban J connectivity index is 1.80. The molecule has 0 spiro atoms. The van der Waals surface area contributed by atoms with Crippen molar-refractivity contribution in [3.63, 3.8) is 0 Å². The number of hydrogen-bond acceptors (Lipinski definition) is 6. The molecule has 8 heteroatoms. The summed E-state index contributed by atoms with van der Waals surface area (Å²) in [4.78, 5) is 24.9. The van der Waals surface area contributed by atoms with Crippen molar-refractivity contribution in [1.29, 1.82) is 0 Å². The van der Waals surface area contributed by atoms with Crippen LogP contribution in [0.2, 0.25) is 0 Å². The number of carbonyl (C=O) groups excluding carboxylic acids is 2. The van der Waals surface area contributed by atoms with Crippen molar-refractivity contribution in [3.05, 3.63) is 92.1 Å². The van der Waals surface area contributed by atoms with Gasteiger partial charge in [0.15, 0.2) is 0 Å². The maximum absolute atomic E-state index is 12.5. The van der Waals surface area contributed by atoms with Crippen molar-refractivity contribution in [1.82, 2.24) is 5.32 Å². The molecule has 0 heterocycles. The molecule has 0 unspecified atom stereocenters. The molecular weight excluding hydrogens is 585 g/mol. The van der Waals surface area contributed by atoms with Crippen LogP contribution >= 0.6 is 22.6 Å². The molecule has 3 aromatic rings. The molecular formula is C29H32INO6. The smallest absolute Gasteiger partial charge is 0.408 e. The number of esters is 1. The average molecular weight is 617 g/mol. The van der Waals surface area contributed by atoms with Gasteiger partial charge in [-0.25, -0.2) is 9.59 Å². The maximum atomic E-state index is 12.5. The molecule has 3 N–H and O–H groups in total. The fraction of sp³-hybridized carbons (Fsp3) is 0.310. The molecule has 0 aliphatic rings. The lowest BCUT2D eigenvalue weighted by Gasteiger charge is -2.21. The molecule has 0 aliphatic carbocycles. The third kappa shape index (κ3) is 7.85. The number of aromatic hydroxyl groups is 2. The van der Waals surface area contributed by atoms with Crippen molar-refractivity contribution in [2.24, 2.45) is 0 Å². The van der Waals surface area contributed by atoms with Gasteiger partial charge in [-0.15, -0.1) is 0 Å². The van der Waals surface area contributed by atoms with Crippen LogP contribution in [0.15, 0.2) is 60.7 Å². The van der Waals surface area contributed by atoms with Gasteiger partial charge in [-0.2, -0.15) is 0 Å². The van der Waals surface area contributed by atoms with Gasteiger partial charge >= 0.3 is 12.1 Å². The molecule has 0 fully saturated rings. The summed E-state index contributed by atoms with van der Waals surface area (Å²) in [6.45, 7) is 6.35. The second kappa shape index (κ2) is 12.3. The quantitative estimate of drug-likeness (QED) is 0.225. The van der Waals surface area contributed by atoms with Gasteiger partial charge in [-0.3, -0.25) is 0 Å². The van der Waals surface area contributed by atoms with Crippen molar-refractivity contribution in [2.45, 2.75) is 51.7 Å². The van der Waals surface area contributed by atoms with Gasteiger partial charge in [0, 0.05) is 12.8 Å². The highest BCUT2D eigenvalue weighted by Gasteiger charge is 2.24. The van der Waals surface area contributed by atoms with Gasteiger partial charge in [0.25, 0.3) is 0 Å². The van der Waals surface area contributed by atoms with Crippen LogP contribution in [0.1, 0.15) is 48.6 Å². The zero-order valence-electron chi connectivity index (χ0n) is 21.4. The molecule has 0 saturated heterocycles. The first kappa shape index (κ1) is 28.3. The van der Waals surface area contributed by atoms with E-state index in [2.05, 4.69) is 26.1 Å². The average Bonchev–Trinajstić information content (AvgIpc) is 2.86. The number of ether oxygens (including phenoxy) is 2. The summed E-state index contributed by atoms with van der Waals surface area (Å²) in [5, 5.41) is 23.8. The van der Waals surface area contributed by atoms with Crippen LogP contribution < -0.4 is 5.32 Å². The number of phenols is 2. The Bertz CT molecular complexity index is 1250. The number of carbonyl (C=O) groups is 2. The van der Waals surface area contributed by atoms with E-state index in [-0.39, 0.29) is 29.9 Å². The Labute approximate surface area is 231 Å². The number of halogens is 1. The number of benzene rings is 3. The van der Waals surface area contributed by atoms with E-state index in [0.717, 1.165) is 11.1 Å². The van der Waals surface area contributed by atoms with E-state index in [1.807, 2.05) is 65.1 Å². The van der Waals surface area contributed by atoms with Crippen molar-refractivity contribution < 1.29 is 29.3 Å². The highest BCUT2D eigenvalue weighted by Crippen LogP contribution is 2.33. The van der Waals surface area contributed by atoms with E-state index < -0.39 is 18.1 Å². The summed E-state index contributed by atoms with van der Waals surface area (Å²) >= 11 is 2.02. The molecule has 196 valence electrons. The molecule has 3 rings (SSSR count). The van der Waals surface area contributed by atoms with Gasteiger partial charge < -0.3 is 25.0 Å². The number of amides is 1. The van der Waals surface area contributed by atoms with Gasteiger partial charge in [0.1, 0.15) is 24.1 Å². The summed E-state index contributed by atoms with van der Waals surface area (Å²) in [6, 6.07) is 17.3. The predicted molar refractivity (Wildman–Crippen MR) is 150 cm³/mol. The number of methoxy groups -OCH3 is 1. The minimum Gasteiger partial charge on any atom is -0.508 e. The third-order valence-corrected chi connectivity index (χ3v) is 6.78. The highest BCUT2D eigenvalue weighted by molar-refractivity contribution is 14.1. The molecule has 0 aromatic heterocycles. The molecule has 0 aliphatic heterocycles. The molecule has 0 bridgehead atoms. The summed E-state index contributed by atoms with van der Waals surface area (Å²) in [7, 11) is 1.25. The number of nitrogens with one attached hydrogen (secondary N) is 1. The van der Waals surface area contributed by atoms with Gasteiger partial charge in [-0.1, -0.05) is 69.3 Å². The van der Waals surface area contributed by atoms with Crippen molar-refractivity contribution >= 4 is 34.7 Å². The normalized spacial score (nSPS) is 12.0. The summed E-state index contributed by atoms with van der Waals surface area (Å²) in [6.07, 6.45) is -0.317. The minimum absolute atomic E-state index is 0.0684. The molecule has 0 saturated carbocycles. The second-order valence-electron chi connectivity index (χ2n) is 9.84. The zero-order chi connectivity index (χ0) is 27.2. The number of phenolic OH excluding ortho intramolecular Hbond substituents is 2. The zero-order valence-corrected chi connectivity index (χ0v) is 23.5. The molecule has 3 aromatic carbocycles. The summed E-state index contributed by atoms with van der Waals surface area (Å²) in [5.74, 6) is -0.366. The van der Waals surface area contributed by atoms with E-state index in [4.69, 9.17) is 9.47 Å². The highest BCUT2D eigenvalue weighted by atomic mass is 127. The van der Waals surface area contributed by atoms with E-state index in [1.54, 1.807) is 18.2 Å². The predicted octanol–water partition coefficient (Wildman–Crippen LogP) is 5.60. The van der Waals surface area contributed by atoms with Crippen LogP contribution in [-0.2, 0) is 39.1 Å². The fourth-order valence-electron chi connectivity index (χ4n) is 3.85. The van der Waals surface area contributed by atoms with E-state index in [0.29, 0.717) is 26.7 Å². The number of rotatable bonds is 8. The Hall–Kier alpha value is -3.27. The molecule has 0 radical (unpaired) electrons. The molecule has 1 atom stereocenters. The van der Waals surface area contributed by atoms with Crippen LogP contribution in [0.3, 0.4) is 0 Å².